The van der Waals surface area contributed by atoms with Gasteiger partial charge in [0.15, 0.2) is 6.10 Å². The molecule has 0 N–H and O–H groups in total. The van der Waals surface area contributed by atoms with Gasteiger partial charge in [0.25, 0.3) is 5.91 Å². The van der Waals surface area contributed by atoms with E-state index in [4.69, 9.17) is 10.00 Å². The molecule has 1 saturated heterocycles. The third-order valence-corrected chi connectivity index (χ3v) is 4.26. The van der Waals surface area contributed by atoms with Crippen LogP contribution in [0.25, 0.3) is 0 Å². The highest BCUT2D eigenvalue weighted by Crippen LogP contribution is 2.21. The van der Waals surface area contributed by atoms with Crippen molar-refractivity contribution in [3.63, 3.8) is 0 Å². The number of aromatic nitrogens is 2. The number of carbonyl (C=O) groups excluding carboxylic acids is 1. The quantitative estimate of drug-likeness (QED) is 0.845. The second kappa shape index (κ2) is 7.18. The maximum absolute atomic E-state index is 12.7. The molecule has 124 valence electrons. The molecule has 1 aliphatic heterocycles. The van der Waals surface area contributed by atoms with Gasteiger partial charge in [0.05, 0.1) is 24.2 Å². The van der Waals surface area contributed by atoms with Gasteiger partial charge in [-0.05, 0) is 50.1 Å². The standard InChI is InChI=1S/C18H20N4O2/c1-14(24-17-7-5-15(12-19)6-8-17)18(23)22-11-2-4-16(22)13-21-10-3-9-20-21/h3,5-10,14,16H,2,4,11,13H2,1H3/t14-,16-/m1/s1. The van der Waals surface area contributed by atoms with Crippen molar-refractivity contribution in [1.82, 2.24) is 14.7 Å². The number of rotatable bonds is 5. The van der Waals surface area contributed by atoms with Crippen LogP contribution in [0.5, 0.6) is 5.75 Å². The number of nitriles is 1. The largest absolute Gasteiger partial charge is 0.481 e. The van der Waals surface area contributed by atoms with Crippen molar-refractivity contribution in [3.8, 4) is 11.8 Å². The molecule has 1 aromatic carbocycles. The highest BCUT2D eigenvalue weighted by atomic mass is 16.5. The molecule has 6 nitrogen and oxygen atoms in total. The number of amides is 1. The average Bonchev–Trinajstić information content (AvgIpc) is 3.27. The Morgan fingerprint density at radius 1 is 1.46 bits per heavy atom. The number of nitrogens with zero attached hydrogens (tertiary/aromatic N) is 4. The lowest BCUT2D eigenvalue weighted by molar-refractivity contribution is -0.139. The first kappa shape index (κ1) is 16.1. The van der Waals surface area contributed by atoms with Crippen LogP contribution in [0.3, 0.4) is 0 Å². The molecule has 1 amide bonds. The minimum absolute atomic E-state index is 0.00554. The zero-order valence-corrected chi connectivity index (χ0v) is 13.6. The highest BCUT2D eigenvalue weighted by molar-refractivity contribution is 5.81. The number of hydrogen-bond acceptors (Lipinski definition) is 4. The van der Waals surface area contributed by atoms with E-state index in [0.717, 1.165) is 19.4 Å². The van der Waals surface area contributed by atoms with Crippen LogP contribution in [0, 0.1) is 11.3 Å². The number of benzene rings is 1. The van der Waals surface area contributed by atoms with E-state index >= 15 is 0 Å². The Balaban J connectivity index is 1.62. The lowest BCUT2D eigenvalue weighted by Crippen LogP contribution is -2.44. The van der Waals surface area contributed by atoms with E-state index < -0.39 is 6.10 Å². The van der Waals surface area contributed by atoms with E-state index in [9.17, 15) is 4.79 Å². The summed E-state index contributed by atoms with van der Waals surface area (Å²) >= 11 is 0. The predicted molar refractivity (Wildman–Crippen MR) is 88.2 cm³/mol. The summed E-state index contributed by atoms with van der Waals surface area (Å²) < 4.78 is 7.61. The molecule has 6 heteroatoms. The van der Waals surface area contributed by atoms with Crippen LogP contribution in [0.4, 0.5) is 0 Å². The van der Waals surface area contributed by atoms with Crippen LogP contribution in [0.15, 0.2) is 42.7 Å². The Hall–Kier alpha value is -2.81. The summed E-state index contributed by atoms with van der Waals surface area (Å²) in [5, 5.41) is 13.0. The molecule has 0 unspecified atom stereocenters. The van der Waals surface area contributed by atoms with Gasteiger partial charge in [0.2, 0.25) is 0 Å². The van der Waals surface area contributed by atoms with E-state index in [1.54, 1.807) is 37.4 Å². The normalized spacial score (nSPS) is 18.2. The lowest BCUT2D eigenvalue weighted by Gasteiger charge is -2.27. The Bertz CT molecular complexity index is 718. The molecule has 0 radical (unpaired) electrons. The fraction of sp³-hybridized carbons (Fsp3) is 0.389. The van der Waals surface area contributed by atoms with Gasteiger partial charge < -0.3 is 9.64 Å². The van der Waals surface area contributed by atoms with Crippen LogP contribution < -0.4 is 4.74 Å². The fourth-order valence-corrected chi connectivity index (χ4v) is 3.04. The zero-order chi connectivity index (χ0) is 16.9. The highest BCUT2D eigenvalue weighted by Gasteiger charge is 2.32. The summed E-state index contributed by atoms with van der Waals surface area (Å²) in [6, 6.07) is 10.9. The molecule has 0 bridgehead atoms. The van der Waals surface area contributed by atoms with E-state index in [-0.39, 0.29) is 11.9 Å². The molecular weight excluding hydrogens is 304 g/mol. The molecule has 1 fully saturated rings. The molecule has 1 aromatic heterocycles. The van der Waals surface area contributed by atoms with Gasteiger partial charge in [-0.2, -0.15) is 10.4 Å². The van der Waals surface area contributed by atoms with E-state index in [0.29, 0.717) is 17.9 Å². The number of likely N-dealkylation sites (tertiary alicyclic amines) is 1. The van der Waals surface area contributed by atoms with Gasteiger partial charge in [-0.3, -0.25) is 9.48 Å². The third kappa shape index (κ3) is 3.57. The maximum atomic E-state index is 12.7. The number of hydrogen-bond donors (Lipinski definition) is 0. The van der Waals surface area contributed by atoms with Crippen LogP contribution in [-0.4, -0.2) is 39.3 Å². The average molecular weight is 324 g/mol. The Morgan fingerprint density at radius 2 is 2.25 bits per heavy atom. The van der Waals surface area contributed by atoms with Gasteiger partial charge in [0, 0.05) is 18.9 Å². The molecular formula is C18H20N4O2. The molecule has 2 atom stereocenters. The topological polar surface area (TPSA) is 71.2 Å². The summed E-state index contributed by atoms with van der Waals surface area (Å²) in [7, 11) is 0. The van der Waals surface area contributed by atoms with Crippen molar-refractivity contribution in [2.24, 2.45) is 0 Å². The summed E-state index contributed by atoms with van der Waals surface area (Å²) in [4.78, 5) is 14.6. The molecule has 2 heterocycles. The Kier molecular flexibility index (Phi) is 4.80. The molecule has 3 rings (SSSR count). The number of ether oxygens (including phenoxy) is 1. The Morgan fingerprint density at radius 3 is 2.92 bits per heavy atom. The van der Waals surface area contributed by atoms with Gasteiger partial charge in [-0.15, -0.1) is 0 Å². The molecule has 2 aromatic rings. The smallest absolute Gasteiger partial charge is 0.263 e. The summed E-state index contributed by atoms with van der Waals surface area (Å²) in [5.74, 6) is 0.590. The van der Waals surface area contributed by atoms with Crippen LogP contribution >= 0.6 is 0 Å². The maximum Gasteiger partial charge on any atom is 0.263 e. The van der Waals surface area contributed by atoms with Gasteiger partial charge in [-0.25, -0.2) is 0 Å². The van der Waals surface area contributed by atoms with Crippen molar-refractivity contribution >= 4 is 5.91 Å². The molecule has 0 aliphatic carbocycles. The van der Waals surface area contributed by atoms with Crippen LogP contribution in [0.2, 0.25) is 0 Å². The van der Waals surface area contributed by atoms with Gasteiger partial charge >= 0.3 is 0 Å². The second-order valence-corrected chi connectivity index (χ2v) is 5.95. The predicted octanol–water partition coefficient (Wildman–Crippen LogP) is 2.21. The molecule has 1 aliphatic rings. The van der Waals surface area contributed by atoms with Gasteiger partial charge in [0.1, 0.15) is 5.75 Å². The van der Waals surface area contributed by atoms with Crippen molar-refractivity contribution in [2.45, 2.75) is 38.5 Å². The van der Waals surface area contributed by atoms with Crippen molar-refractivity contribution in [1.29, 1.82) is 5.26 Å². The van der Waals surface area contributed by atoms with Crippen molar-refractivity contribution in [3.05, 3.63) is 48.3 Å². The minimum Gasteiger partial charge on any atom is -0.481 e. The summed E-state index contributed by atoms with van der Waals surface area (Å²) in [5.41, 5.74) is 0.570. The fourth-order valence-electron chi connectivity index (χ4n) is 3.04. The zero-order valence-electron chi connectivity index (χ0n) is 13.6. The SMILES string of the molecule is C[C@@H](Oc1ccc(C#N)cc1)C(=O)N1CCC[C@@H]1Cn1cccn1. The molecule has 24 heavy (non-hydrogen) atoms. The van der Waals surface area contributed by atoms with E-state index in [1.807, 2.05) is 21.8 Å². The van der Waals surface area contributed by atoms with Crippen LogP contribution in [0.1, 0.15) is 25.3 Å². The van der Waals surface area contributed by atoms with Crippen molar-refractivity contribution < 1.29 is 9.53 Å². The second-order valence-electron chi connectivity index (χ2n) is 5.95. The summed E-state index contributed by atoms with van der Waals surface area (Å²) in [6.45, 7) is 3.23. The molecule has 0 spiro atoms. The first-order valence-corrected chi connectivity index (χ1v) is 8.12. The lowest BCUT2D eigenvalue weighted by atomic mass is 10.2. The van der Waals surface area contributed by atoms with E-state index in [1.165, 1.54) is 0 Å². The Labute approximate surface area is 141 Å². The van der Waals surface area contributed by atoms with E-state index in [2.05, 4.69) is 11.2 Å². The van der Waals surface area contributed by atoms with Gasteiger partial charge in [-0.1, -0.05) is 0 Å². The third-order valence-electron chi connectivity index (χ3n) is 4.26. The first-order chi connectivity index (χ1) is 11.7. The number of carbonyl (C=O) groups is 1. The van der Waals surface area contributed by atoms with Crippen LogP contribution in [-0.2, 0) is 11.3 Å². The monoisotopic (exact) mass is 324 g/mol. The summed E-state index contributed by atoms with van der Waals surface area (Å²) in [6.07, 6.45) is 5.09. The molecule has 0 saturated carbocycles. The first-order valence-electron chi connectivity index (χ1n) is 8.12. The van der Waals surface area contributed by atoms with Crippen molar-refractivity contribution in [2.75, 3.05) is 6.54 Å². The minimum atomic E-state index is -0.559.